The number of benzene rings is 1. The first-order valence-electron chi connectivity index (χ1n) is 6.87. The summed E-state index contributed by atoms with van der Waals surface area (Å²) in [5.41, 5.74) is 1.06. The predicted molar refractivity (Wildman–Crippen MR) is 87.3 cm³/mol. The van der Waals surface area contributed by atoms with E-state index in [1.54, 1.807) is 11.3 Å². The van der Waals surface area contributed by atoms with Crippen molar-refractivity contribution in [3.63, 3.8) is 0 Å². The van der Waals surface area contributed by atoms with Crippen molar-refractivity contribution in [1.82, 2.24) is 0 Å². The molecule has 1 aliphatic rings. The minimum absolute atomic E-state index is 0.150. The molecule has 106 valence electrons. The summed E-state index contributed by atoms with van der Waals surface area (Å²) in [5.74, 6) is 0. The summed E-state index contributed by atoms with van der Waals surface area (Å²) in [5, 5.41) is 1.96. The van der Waals surface area contributed by atoms with Gasteiger partial charge in [-0.25, -0.2) is 0 Å². The summed E-state index contributed by atoms with van der Waals surface area (Å²) in [6.45, 7) is 8.47. The van der Waals surface area contributed by atoms with Crippen LogP contribution in [0.1, 0.15) is 32.8 Å². The van der Waals surface area contributed by atoms with Crippen LogP contribution in [0.5, 0.6) is 0 Å². The molecule has 1 aliphatic heterocycles. The van der Waals surface area contributed by atoms with Crippen molar-refractivity contribution in [3.8, 4) is 0 Å². The number of halogens is 1. The lowest BCUT2D eigenvalue weighted by Gasteiger charge is -2.38. The lowest BCUT2D eigenvalue weighted by Crippen LogP contribution is -2.51. The van der Waals surface area contributed by atoms with Crippen LogP contribution in [-0.2, 0) is 9.31 Å². The number of hydrogen-bond acceptors (Lipinski definition) is 3. The molecule has 1 fully saturated rings. The van der Waals surface area contributed by atoms with Gasteiger partial charge in [-0.3, -0.25) is 0 Å². The fourth-order valence-electron chi connectivity index (χ4n) is 2.87. The van der Waals surface area contributed by atoms with E-state index in [0.29, 0.717) is 0 Å². The number of hydrogen-bond donors (Lipinski definition) is 0. The highest BCUT2D eigenvalue weighted by Gasteiger charge is 2.40. The van der Waals surface area contributed by atoms with E-state index in [2.05, 4.69) is 33.8 Å². The number of fused-ring (bicyclic) bond motifs is 1. The Morgan fingerprint density at radius 3 is 2.85 bits per heavy atom. The molecule has 0 N–H and O–H groups in total. The molecule has 2 nitrogen and oxygen atoms in total. The maximum Gasteiger partial charge on any atom is 0.505 e. The van der Waals surface area contributed by atoms with Gasteiger partial charge in [0.15, 0.2) is 0 Å². The van der Waals surface area contributed by atoms with Crippen LogP contribution in [0.3, 0.4) is 0 Å². The van der Waals surface area contributed by atoms with Crippen LogP contribution < -0.4 is 4.78 Å². The molecule has 1 aromatic heterocycles. The van der Waals surface area contributed by atoms with E-state index in [1.807, 2.05) is 12.1 Å². The van der Waals surface area contributed by atoms with Gasteiger partial charge in [0.25, 0.3) is 0 Å². The molecular formula is C15H18BClO2S. The Morgan fingerprint density at radius 1 is 1.40 bits per heavy atom. The zero-order valence-corrected chi connectivity index (χ0v) is 13.8. The van der Waals surface area contributed by atoms with Crippen molar-refractivity contribution in [2.75, 3.05) is 0 Å². The van der Waals surface area contributed by atoms with E-state index in [1.165, 1.54) is 15.6 Å². The normalized spacial score (nSPS) is 22.4. The van der Waals surface area contributed by atoms with E-state index in [9.17, 15) is 0 Å². The third kappa shape index (κ3) is 2.62. The molecule has 1 unspecified atom stereocenters. The van der Waals surface area contributed by atoms with Gasteiger partial charge in [0.1, 0.15) is 0 Å². The van der Waals surface area contributed by atoms with Gasteiger partial charge in [-0.1, -0.05) is 11.6 Å². The molecule has 0 bridgehead atoms. The fraction of sp³-hybridized carbons (Fsp3) is 0.467. The summed E-state index contributed by atoms with van der Waals surface area (Å²) in [7, 11) is -0.273. The molecule has 20 heavy (non-hydrogen) atoms. The van der Waals surface area contributed by atoms with Crippen molar-refractivity contribution in [2.24, 2.45) is 0 Å². The highest BCUT2D eigenvalue weighted by molar-refractivity contribution is 7.28. The smallest absolute Gasteiger partial charge is 0.404 e. The highest BCUT2D eigenvalue weighted by atomic mass is 35.5. The summed E-state index contributed by atoms with van der Waals surface area (Å²) in [6.07, 6.45) is 1.12. The lowest BCUT2D eigenvalue weighted by molar-refractivity contribution is -0.0227. The minimum Gasteiger partial charge on any atom is -0.404 e. The molecule has 0 aliphatic carbocycles. The molecule has 0 radical (unpaired) electrons. The van der Waals surface area contributed by atoms with Crippen molar-refractivity contribution in [2.45, 2.75) is 45.8 Å². The maximum absolute atomic E-state index is 6.13. The first-order chi connectivity index (χ1) is 9.35. The molecule has 3 rings (SSSR count). The average molecular weight is 309 g/mol. The zero-order valence-electron chi connectivity index (χ0n) is 12.2. The average Bonchev–Trinajstić information content (AvgIpc) is 2.64. The molecule has 1 aromatic carbocycles. The summed E-state index contributed by atoms with van der Waals surface area (Å²) < 4.78 is 14.5. The van der Waals surface area contributed by atoms with Gasteiger partial charge in [-0.05, 0) is 63.3 Å². The van der Waals surface area contributed by atoms with Crippen molar-refractivity contribution in [3.05, 3.63) is 28.8 Å². The predicted octanol–water partition coefficient (Wildman–Crippen LogP) is 4.16. The molecule has 2 aromatic rings. The van der Waals surface area contributed by atoms with Crippen LogP contribution in [0, 0.1) is 6.92 Å². The first-order valence-corrected chi connectivity index (χ1v) is 8.07. The van der Waals surface area contributed by atoms with Crippen molar-refractivity contribution >= 4 is 44.9 Å². The second-order valence-corrected chi connectivity index (χ2v) is 7.61. The van der Waals surface area contributed by atoms with Gasteiger partial charge in [-0.2, -0.15) is 0 Å². The van der Waals surface area contributed by atoms with Gasteiger partial charge >= 0.3 is 7.12 Å². The van der Waals surface area contributed by atoms with E-state index in [-0.39, 0.29) is 18.8 Å². The Kier molecular flexibility index (Phi) is 3.62. The Labute approximate surface area is 129 Å². The van der Waals surface area contributed by atoms with Crippen LogP contribution in [0.2, 0.25) is 5.02 Å². The fourth-order valence-corrected chi connectivity index (χ4v) is 4.20. The van der Waals surface area contributed by atoms with E-state index in [4.69, 9.17) is 20.9 Å². The molecule has 0 amide bonds. The Balaban J connectivity index is 2.03. The van der Waals surface area contributed by atoms with Gasteiger partial charge in [-0.15, -0.1) is 11.3 Å². The summed E-state index contributed by atoms with van der Waals surface area (Å²) in [4.78, 5) is 0. The van der Waals surface area contributed by atoms with Gasteiger partial charge in [0.2, 0.25) is 0 Å². The number of rotatable bonds is 1. The molecular weight excluding hydrogens is 290 g/mol. The largest absolute Gasteiger partial charge is 0.505 e. The Bertz CT molecular complexity index is 653. The topological polar surface area (TPSA) is 18.5 Å². The highest BCUT2D eigenvalue weighted by Crippen LogP contribution is 2.31. The van der Waals surface area contributed by atoms with Crippen molar-refractivity contribution in [1.29, 1.82) is 0 Å². The quantitative estimate of drug-likeness (QED) is 0.736. The number of thiophene rings is 1. The number of aryl methyl sites for hydroxylation is 1. The van der Waals surface area contributed by atoms with Crippen LogP contribution >= 0.6 is 22.9 Å². The monoisotopic (exact) mass is 308 g/mol. The van der Waals surface area contributed by atoms with E-state index in [0.717, 1.165) is 16.2 Å². The van der Waals surface area contributed by atoms with Crippen LogP contribution in [0.25, 0.3) is 10.1 Å². The van der Waals surface area contributed by atoms with Gasteiger partial charge in [0, 0.05) is 20.6 Å². The van der Waals surface area contributed by atoms with E-state index < -0.39 is 0 Å². The second kappa shape index (κ2) is 5.02. The second-order valence-electron chi connectivity index (χ2n) is 6.09. The SMILES string of the molecule is Cc1c(B2OC(C)CC(C)(C)O2)sc2ccc(Cl)cc12. The summed E-state index contributed by atoms with van der Waals surface area (Å²) in [6, 6.07) is 6.01. The van der Waals surface area contributed by atoms with Crippen LogP contribution in [-0.4, -0.2) is 18.8 Å². The molecule has 5 heteroatoms. The van der Waals surface area contributed by atoms with Crippen molar-refractivity contribution < 1.29 is 9.31 Å². The first kappa shape index (κ1) is 14.4. The molecule has 1 atom stereocenters. The third-order valence-corrected chi connectivity index (χ3v) is 5.24. The van der Waals surface area contributed by atoms with Crippen LogP contribution in [0.4, 0.5) is 0 Å². The Morgan fingerprint density at radius 2 is 2.15 bits per heavy atom. The summed E-state index contributed by atoms with van der Waals surface area (Å²) >= 11 is 7.83. The molecule has 2 heterocycles. The standard InChI is InChI=1S/C15H18BClO2S/c1-9-8-15(3,4)19-16(18-9)14-10(2)12-7-11(17)5-6-13(12)20-14/h5-7,9H,8H2,1-4H3. The molecule has 1 saturated heterocycles. The van der Waals surface area contributed by atoms with Gasteiger partial charge < -0.3 is 9.31 Å². The zero-order chi connectivity index (χ0) is 14.5. The molecule has 0 spiro atoms. The maximum atomic E-state index is 6.13. The minimum atomic E-state index is -0.273. The van der Waals surface area contributed by atoms with Gasteiger partial charge in [0.05, 0.1) is 5.60 Å². The Hall–Kier alpha value is -0.545. The van der Waals surface area contributed by atoms with Crippen LogP contribution in [0.15, 0.2) is 18.2 Å². The third-order valence-electron chi connectivity index (χ3n) is 3.71. The van der Waals surface area contributed by atoms with E-state index >= 15 is 0 Å². The molecule has 0 saturated carbocycles. The lowest BCUT2D eigenvalue weighted by atomic mass is 9.79.